The van der Waals surface area contributed by atoms with Gasteiger partial charge in [0, 0.05) is 12.8 Å². The van der Waals surface area contributed by atoms with Crippen molar-refractivity contribution in [3.8, 4) is 0 Å². The topological polar surface area (TPSA) is 108 Å². The van der Waals surface area contributed by atoms with Crippen molar-refractivity contribution in [2.24, 2.45) is 0 Å². The van der Waals surface area contributed by atoms with E-state index in [1.54, 1.807) is 0 Å². The molecule has 396 valence electrons. The fourth-order valence-corrected chi connectivity index (χ4v) is 8.98. The van der Waals surface area contributed by atoms with Gasteiger partial charge in [-0.1, -0.05) is 224 Å². The van der Waals surface area contributed by atoms with Gasteiger partial charge in [-0.3, -0.25) is 18.6 Å². The normalized spacial score (nSPS) is 13.5. The fraction of sp³-hybridized carbons (Fsp3) is 0.895. The zero-order chi connectivity index (χ0) is 49.2. The second kappa shape index (κ2) is 49.5. The van der Waals surface area contributed by atoms with Gasteiger partial charge in [0.2, 0.25) is 0 Å². The number of phosphoric ester groups is 1. The number of allylic oxidation sites excluding steroid dienone is 4. The largest absolute Gasteiger partial charge is 0.472 e. The standard InChI is InChI=1S/C57H110NO8P/c1-6-8-10-12-14-16-18-20-22-24-26-27-28-29-30-31-32-34-36-38-40-42-44-46-48-50-57(60)66-55(54-65-67(61,62)64-52-51-58(3,4)5)53-63-56(59)49-47-45-43-41-39-37-35-33-25-23-21-19-17-15-13-11-9-7-2/h23-26,55H,6-22,27-54H2,1-5H3/p+1/b25-23-,26-24-. The fourth-order valence-electron chi connectivity index (χ4n) is 8.24. The lowest BCUT2D eigenvalue weighted by Gasteiger charge is -2.24. The van der Waals surface area contributed by atoms with E-state index >= 15 is 0 Å². The molecule has 0 saturated heterocycles. The Bertz CT molecular complexity index is 1190. The highest BCUT2D eigenvalue weighted by atomic mass is 31.2. The predicted molar refractivity (Wildman–Crippen MR) is 284 cm³/mol. The van der Waals surface area contributed by atoms with Crippen LogP contribution in [0.2, 0.25) is 0 Å². The van der Waals surface area contributed by atoms with Gasteiger partial charge in [0.1, 0.15) is 19.8 Å². The molecule has 0 aromatic heterocycles. The van der Waals surface area contributed by atoms with Crippen LogP contribution < -0.4 is 0 Å². The molecule has 0 aliphatic heterocycles. The van der Waals surface area contributed by atoms with Gasteiger partial charge < -0.3 is 18.9 Å². The third-order valence-corrected chi connectivity index (χ3v) is 13.7. The first-order valence-corrected chi connectivity index (χ1v) is 30.1. The monoisotopic (exact) mass is 969 g/mol. The molecule has 0 bridgehead atoms. The number of rotatable bonds is 53. The van der Waals surface area contributed by atoms with Crippen molar-refractivity contribution in [2.75, 3.05) is 47.5 Å². The minimum atomic E-state index is -4.38. The summed E-state index contributed by atoms with van der Waals surface area (Å²) in [5, 5.41) is 0. The van der Waals surface area contributed by atoms with E-state index in [0.717, 1.165) is 32.1 Å². The van der Waals surface area contributed by atoms with Crippen LogP contribution in [0.4, 0.5) is 0 Å². The Morgan fingerprint density at radius 2 is 0.761 bits per heavy atom. The van der Waals surface area contributed by atoms with Gasteiger partial charge >= 0.3 is 19.8 Å². The van der Waals surface area contributed by atoms with Crippen LogP contribution >= 0.6 is 7.82 Å². The number of esters is 2. The summed E-state index contributed by atoms with van der Waals surface area (Å²) in [6, 6.07) is 0. The van der Waals surface area contributed by atoms with Crippen LogP contribution in [0, 0.1) is 0 Å². The van der Waals surface area contributed by atoms with Crippen molar-refractivity contribution in [3.05, 3.63) is 24.3 Å². The third-order valence-electron chi connectivity index (χ3n) is 12.7. The SMILES string of the molecule is CCCCCCCCC/C=C\CCCCCCCCCC(=O)OCC(COP(=O)(O)OCC[N+](C)(C)C)OC(=O)CCCCCCCCCCCCCCC/C=C\CCCCCCCCCC. The number of ether oxygens (including phenoxy) is 2. The Hall–Kier alpha value is -1.51. The molecule has 0 aliphatic rings. The molecule has 0 aromatic carbocycles. The molecule has 2 unspecified atom stereocenters. The van der Waals surface area contributed by atoms with Crippen molar-refractivity contribution >= 4 is 19.8 Å². The second-order valence-electron chi connectivity index (χ2n) is 20.7. The summed E-state index contributed by atoms with van der Waals surface area (Å²) in [4.78, 5) is 35.6. The van der Waals surface area contributed by atoms with Gasteiger partial charge in [0.15, 0.2) is 6.10 Å². The Balaban J connectivity index is 4.14. The number of likely N-dealkylation sites (N-methyl/N-ethyl adjacent to an activating group) is 1. The predicted octanol–water partition coefficient (Wildman–Crippen LogP) is 17.4. The maximum Gasteiger partial charge on any atom is 0.472 e. The van der Waals surface area contributed by atoms with Crippen molar-refractivity contribution in [1.82, 2.24) is 0 Å². The van der Waals surface area contributed by atoms with Crippen molar-refractivity contribution in [3.63, 3.8) is 0 Å². The van der Waals surface area contributed by atoms with Crippen LogP contribution in [0.3, 0.4) is 0 Å². The molecule has 9 nitrogen and oxygen atoms in total. The number of carbonyl (C=O) groups excluding carboxylic acids is 2. The zero-order valence-corrected chi connectivity index (χ0v) is 45.8. The minimum Gasteiger partial charge on any atom is -0.462 e. The summed E-state index contributed by atoms with van der Waals surface area (Å²) in [5.41, 5.74) is 0. The maximum atomic E-state index is 12.8. The molecule has 0 aliphatic carbocycles. The number of phosphoric acid groups is 1. The quantitative estimate of drug-likeness (QED) is 0.0211. The number of hydrogen-bond donors (Lipinski definition) is 1. The molecule has 1 N–H and O–H groups in total. The summed E-state index contributed by atoms with van der Waals surface area (Å²) in [5.74, 6) is -0.790. The Morgan fingerprint density at radius 1 is 0.448 bits per heavy atom. The van der Waals surface area contributed by atoms with Crippen molar-refractivity contribution < 1.29 is 42.1 Å². The van der Waals surface area contributed by atoms with Crippen LogP contribution in [0.1, 0.15) is 277 Å². The molecule has 2 atom stereocenters. The number of carbonyl (C=O) groups is 2. The Morgan fingerprint density at radius 3 is 1.10 bits per heavy atom. The minimum absolute atomic E-state index is 0.0331. The second-order valence-corrected chi connectivity index (χ2v) is 22.1. The lowest BCUT2D eigenvalue weighted by atomic mass is 10.0. The Labute approximate surface area is 415 Å². The average Bonchev–Trinajstić information content (AvgIpc) is 3.29. The smallest absolute Gasteiger partial charge is 0.462 e. The van der Waals surface area contributed by atoms with Crippen LogP contribution in [-0.2, 0) is 32.7 Å². The molecule has 0 aromatic rings. The molecular weight excluding hydrogens is 858 g/mol. The van der Waals surface area contributed by atoms with Crippen molar-refractivity contribution in [1.29, 1.82) is 0 Å². The van der Waals surface area contributed by atoms with E-state index < -0.39 is 26.5 Å². The molecule has 0 rings (SSSR count). The van der Waals surface area contributed by atoms with Gasteiger partial charge in [-0.25, -0.2) is 4.57 Å². The molecule has 0 heterocycles. The summed E-state index contributed by atoms with van der Waals surface area (Å²) in [6.45, 7) is 4.47. The number of hydrogen-bond acceptors (Lipinski definition) is 7. The van der Waals surface area contributed by atoms with Gasteiger partial charge in [-0.2, -0.15) is 0 Å². The van der Waals surface area contributed by atoms with Crippen LogP contribution in [-0.4, -0.2) is 74.9 Å². The first kappa shape index (κ1) is 65.5. The van der Waals surface area contributed by atoms with Crippen LogP contribution in [0.15, 0.2) is 24.3 Å². The number of nitrogens with zero attached hydrogens (tertiary/aromatic N) is 1. The van der Waals surface area contributed by atoms with E-state index in [9.17, 15) is 19.0 Å². The highest BCUT2D eigenvalue weighted by Gasteiger charge is 2.27. The first-order valence-electron chi connectivity index (χ1n) is 28.6. The van der Waals surface area contributed by atoms with Gasteiger partial charge in [0.05, 0.1) is 27.7 Å². The zero-order valence-electron chi connectivity index (χ0n) is 44.9. The molecule has 0 spiro atoms. The first-order chi connectivity index (χ1) is 32.5. The molecule has 10 heteroatoms. The van der Waals surface area contributed by atoms with Crippen molar-refractivity contribution in [2.45, 2.75) is 283 Å². The molecule has 0 fully saturated rings. The van der Waals surface area contributed by atoms with E-state index in [2.05, 4.69) is 38.2 Å². The molecular formula is C57H111NO8P+. The molecule has 0 amide bonds. The summed E-state index contributed by atoms with van der Waals surface area (Å²) < 4.78 is 34.6. The van der Waals surface area contributed by atoms with Gasteiger partial charge in [-0.15, -0.1) is 0 Å². The summed E-state index contributed by atoms with van der Waals surface area (Å²) in [6.07, 6.45) is 58.1. The van der Waals surface area contributed by atoms with E-state index in [0.29, 0.717) is 17.4 Å². The van der Waals surface area contributed by atoms with Crippen LogP contribution in [0.5, 0.6) is 0 Å². The lowest BCUT2D eigenvalue weighted by Crippen LogP contribution is -2.37. The number of quaternary nitrogens is 1. The van der Waals surface area contributed by atoms with Crippen LogP contribution in [0.25, 0.3) is 0 Å². The van der Waals surface area contributed by atoms with Gasteiger partial charge in [-0.05, 0) is 64.2 Å². The lowest BCUT2D eigenvalue weighted by molar-refractivity contribution is -0.870. The van der Waals surface area contributed by atoms with E-state index in [-0.39, 0.29) is 32.0 Å². The van der Waals surface area contributed by atoms with E-state index in [1.807, 2.05) is 21.1 Å². The van der Waals surface area contributed by atoms with E-state index in [4.69, 9.17) is 18.5 Å². The number of unbranched alkanes of at least 4 members (excludes halogenated alkanes) is 35. The average molecular weight is 969 g/mol. The molecule has 0 saturated carbocycles. The Kier molecular flexibility index (Phi) is 48.4. The van der Waals surface area contributed by atoms with Gasteiger partial charge in [0.25, 0.3) is 0 Å². The third kappa shape index (κ3) is 53.7. The highest BCUT2D eigenvalue weighted by molar-refractivity contribution is 7.47. The maximum absolute atomic E-state index is 12.8. The summed E-state index contributed by atoms with van der Waals surface area (Å²) in [7, 11) is 1.49. The van der Waals surface area contributed by atoms with E-state index in [1.165, 1.54) is 212 Å². The highest BCUT2D eigenvalue weighted by Crippen LogP contribution is 2.43. The molecule has 0 radical (unpaired) electrons. The molecule has 67 heavy (non-hydrogen) atoms. The summed E-state index contributed by atoms with van der Waals surface area (Å²) >= 11 is 0.